The highest BCUT2D eigenvalue weighted by molar-refractivity contribution is 7.89. The Labute approximate surface area is 189 Å². The van der Waals surface area contributed by atoms with Gasteiger partial charge in [0.25, 0.3) is 0 Å². The summed E-state index contributed by atoms with van der Waals surface area (Å²) < 4.78 is 48.1. The highest BCUT2D eigenvalue weighted by Gasteiger charge is 2.37. The molecule has 32 heavy (non-hydrogen) atoms. The van der Waals surface area contributed by atoms with Gasteiger partial charge in [-0.1, -0.05) is 30.3 Å². The number of hydrogen-bond acceptors (Lipinski definition) is 5. The molecule has 1 aliphatic carbocycles. The van der Waals surface area contributed by atoms with E-state index >= 15 is 0 Å². The van der Waals surface area contributed by atoms with E-state index in [9.17, 15) is 12.8 Å². The third-order valence-corrected chi connectivity index (χ3v) is 8.38. The van der Waals surface area contributed by atoms with Crippen LogP contribution in [0.1, 0.15) is 29.9 Å². The van der Waals surface area contributed by atoms with E-state index in [-0.39, 0.29) is 29.6 Å². The number of anilines is 1. The van der Waals surface area contributed by atoms with Crippen LogP contribution in [0, 0.1) is 11.7 Å². The van der Waals surface area contributed by atoms with Gasteiger partial charge in [0.05, 0.1) is 17.5 Å². The molecule has 0 spiro atoms. The predicted octanol–water partition coefficient (Wildman–Crippen LogP) is 2.65. The Bertz CT molecular complexity index is 1070. The Kier molecular flexibility index (Phi) is 5.86. The number of likely N-dealkylation sites (N-methyl/N-ethyl adjacent to an activating group) is 1. The van der Waals surface area contributed by atoms with Crippen LogP contribution in [0.25, 0.3) is 0 Å². The van der Waals surface area contributed by atoms with Gasteiger partial charge in [0, 0.05) is 36.7 Å². The fourth-order valence-corrected chi connectivity index (χ4v) is 6.49. The zero-order valence-electron chi connectivity index (χ0n) is 18.3. The van der Waals surface area contributed by atoms with E-state index in [4.69, 9.17) is 4.74 Å². The molecular weight excluding hydrogens is 429 g/mol. The summed E-state index contributed by atoms with van der Waals surface area (Å²) in [4.78, 5) is 1.91. The lowest BCUT2D eigenvalue weighted by Gasteiger charge is -2.42. The second-order valence-corrected chi connectivity index (χ2v) is 11.1. The number of ether oxygens (including phenoxy) is 1. The largest absolute Gasteiger partial charge is 0.492 e. The van der Waals surface area contributed by atoms with Crippen molar-refractivity contribution in [3.05, 3.63) is 59.4 Å². The summed E-state index contributed by atoms with van der Waals surface area (Å²) in [6.07, 6.45) is 2.83. The fourth-order valence-electron chi connectivity index (χ4n) is 4.78. The van der Waals surface area contributed by atoms with Gasteiger partial charge in [-0.25, -0.2) is 17.5 Å². The van der Waals surface area contributed by atoms with Crippen molar-refractivity contribution >= 4 is 15.7 Å². The lowest BCUT2D eigenvalue weighted by Crippen LogP contribution is -2.60. The minimum absolute atomic E-state index is 0.124. The molecule has 8 heteroatoms. The molecule has 2 fully saturated rings. The molecule has 0 unspecified atom stereocenters. The van der Waals surface area contributed by atoms with Crippen LogP contribution in [0.3, 0.4) is 0 Å². The van der Waals surface area contributed by atoms with Crippen LogP contribution < -0.4 is 19.7 Å². The Hall–Kier alpha value is -2.16. The molecule has 2 aliphatic heterocycles. The van der Waals surface area contributed by atoms with E-state index in [1.165, 1.54) is 11.6 Å². The summed E-state index contributed by atoms with van der Waals surface area (Å²) in [6.45, 7) is 1.44. The number of nitrogens with one attached hydrogen (secondary N) is 2. The molecule has 172 valence electrons. The highest BCUT2D eigenvalue weighted by Crippen LogP contribution is 2.40. The normalized spacial score (nSPS) is 23.4. The molecule has 2 atom stereocenters. The number of rotatable bonds is 8. The van der Waals surface area contributed by atoms with E-state index in [1.807, 2.05) is 36.2 Å². The average molecular weight is 460 g/mol. The fraction of sp³-hybridized carbons (Fsp3) is 0.500. The van der Waals surface area contributed by atoms with Gasteiger partial charge in [-0.3, -0.25) is 0 Å². The molecule has 5 rings (SSSR count). The van der Waals surface area contributed by atoms with Crippen molar-refractivity contribution < 1.29 is 17.5 Å². The number of halogens is 1. The van der Waals surface area contributed by atoms with Crippen molar-refractivity contribution in [3.63, 3.8) is 0 Å². The van der Waals surface area contributed by atoms with Crippen LogP contribution in [0.15, 0.2) is 42.5 Å². The van der Waals surface area contributed by atoms with Crippen LogP contribution in [0.2, 0.25) is 0 Å². The molecule has 2 N–H and O–H groups in total. The number of fused-ring (bicyclic) bond motifs is 1. The third kappa shape index (κ3) is 4.63. The number of benzene rings is 2. The molecular formula is C24H30FN3O3S. The van der Waals surface area contributed by atoms with E-state index in [0.29, 0.717) is 37.1 Å². The Morgan fingerprint density at radius 2 is 1.91 bits per heavy atom. The first kappa shape index (κ1) is 21.7. The first-order valence-corrected chi connectivity index (χ1v) is 13.0. The van der Waals surface area contributed by atoms with Crippen LogP contribution >= 0.6 is 0 Å². The van der Waals surface area contributed by atoms with Crippen molar-refractivity contribution in [1.82, 2.24) is 10.0 Å². The van der Waals surface area contributed by atoms with Crippen LogP contribution in [-0.2, 0) is 16.4 Å². The number of nitrogens with zero attached hydrogens (tertiary/aromatic N) is 1. The SMILES string of the molecule is CN[C@H]1COc2cc(F)c(N3CC(NS(=O)(=O)CC4CC4)C3)cc2[C@H]1Cc1ccccc1. The van der Waals surface area contributed by atoms with Gasteiger partial charge < -0.3 is 15.0 Å². The maximum Gasteiger partial charge on any atom is 0.212 e. The van der Waals surface area contributed by atoms with Gasteiger partial charge in [0.1, 0.15) is 18.2 Å². The van der Waals surface area contributed by atoms with Gasteiger partial charge in [0.2, 0.25) is 10.0 Å². The van der Waals surface area contributed by atoms with Gasteiger partial charge in [0.15, 0.2) is 0 Å². The zero-order chi connectivity index (χ0) is 22.3. The lowest BCUT2D eigenvalue weighted by atomic mass is 9.83. The van der Waals surface area contributed by atoms with Gasteiger partial charge in [-0.05, 0) is 43.9 Å². The maximum absolute atomic E-state index is 15.0. The van der Waals surface area contributed by atoms with Crippen LogP contribution in [-0.4, -0.2) is 53.0 Å². The Morgan fingerprint density at radius 3 is 2.59 bits per heavy atom. The molecule has 0 amide bonds. The summed E-state index contributed by atoms with van der Waals surface area (Å²) in [6, 6.07) is 13.6. The molecule has 3 aliphatic rings. The van der Waals surface area contributed by atoms with Crippen molar-refractivity contribution in [2.75, 3.05) is 37.4 Å². The highest BCUT2D eigenvalue weighted by atomic mass is 32.2. The second-order valence-electron chi connectivity index (χ2n) is 9.29. The smallest absolute Gasteiger partial charge is 0.212 e. The average Bonchev–Trinajstić information content (AvgIpc) is 3.54. The summed E-state index contributed by atoms with van der Waals surface area (Å²) in [5.41, 5.74) is 2.74. The van der Waals surface area contributed by atoms with Gasteiger partial charge >= 0.3 is 0 Å². The standard InChI is InChI=1S/C24H30FN3O3S/c1-26-22-14-31-24-11-21(25)23(10-20(24)19(22)9-16-5-3-2-4-6-16)28-12-18(13-28)27-32(29,30)15-17-7-8-17/h2-6,10-11,17-19,22,26-27H,7-9,12-15H2,1H3/t19-,22+/m1/s1. The molecule has 0 bridgehead atoms. The first-order valence-electron chi connectivity index (χ1n) is 11.3. The Balaban J connectivity index is 1.33. The van der Waals surface area contributed by atoms with Crippen molar-refractivity contribution in [2.45, 2.75) is 37.3 Å². The van der Waals surface area contributed by atoms with Crippen molar-refractivity contribution in [1.29, 1.82) is 0 Å². The van der Waals surface area contributed by atoms with Gasteiger partial charge in [-0.2, -0.15) is 0 Å². The molecule has 0 aromatic heterocycles. The summed E-state index contributed by atoms with van der Waals surface area (Å²) in [5.74, 6) is 0.939. The van der Waals surface area contributed by atoms with E-state index in [2.05, 4.69) is 22.2 Å². The molecule has 1 saturated heterocycles. The molecule has 2 aromatic rings. The van der Waals surface area contributed by atoms with Crippen LogP contribution in [0.5, 0.6) is 5.75 Å². The van der Waals surface area contributed by atoms with E-state index in [1.54, 1.807) is 0 Å². The summed E-state index contributed by atoms with van der Waals surface area (Å²) in [5, 5.41) is 3.35. The zero-order valence-corrected chi connectivity index (χ0v) is 19.1. The first-order chi connectivity index (χ1) is 15.4. The summed E-state index contributed by atoms with van der Waals surface area (Å²) >= 11 is 0. The minimum atomic E-state index is -3.26. The third-order valence-electron chi connectivity index (χ3n) is 6.77. The van der Waals surface area contributed by atoms with Crippen molar-refractivity contribution in [2.24, 2.45) is 5.92 Å². The number of sulfonamides is 1. The summed E-state index contributed by atoms with van der Waals surface area (Å²) in [7, 11) is -1.34. The van der Waals surface area contributed by atoms with Gasteiger partial charge in [-0.15, -0.1) is 0 Å². The topological polar surface area (TPSA) is 70.7 Å². The molecule has 6 nitrogen and oxygen atoms in total. The molecule has 0 radical (unpaired) electrons. The molecule has 1 saturated carbocycles. The predicted molar refractivity (Wildman–Crippen MR) is 123 cm³/mol. The van der Waals surface area contributed by atoms with E-state index < -0.39 is 10.0 Å². The number of hydrogen-bond donors (Lipinski definition) is 2. The Morgan fingerprint density at radius 1 is 1.16 bits per heavy atom. The second kappa shape index (κ2) is 8.65. The molecule has 2 heterocycles. The van der Waals surface area contributed by atoms with Crippen LogP contribution in [0.4, 0.5) is 10.1 Å². The van der Waals surface area contributed by atoms with Crippen molar-refractivity contribution in [3.8, 4) is 5.75 Å². The molecule has 2 aromatic carbocycles. The monoisotopic (exact) mass is 459 g/mol. The minimum Gasteiger partial charge on any atom is -0.492 e. The lowest BCUT2D eigenvalue weighted by molar-refractivity contribution is 0.218. The van der Waals surface area contributed by atoms with E-state index in [0.717, 1.165) is 24.8 Å². The quantitative estimate of drug-likeness (QED) is 0.635. The maximum atomic E-state index is 15.0.